The summed E-state index contributed by atoms with van der Waals surface area (Å²) in [5, 5.41) is 1.37. The van der Waals surface area contributed by atoms with Gasteiger partial charge in [-0.1, -0.05) is 52.9 Å². The third-order valence-electron chi connectivity index (χ3n) is 3.42. The molecule has 0 spiro atoms. The maximum atomic E-state index is 13.5. The van der Waals surface area contributed by atoms with Gasteiger partial charge in [0.25, 0.3) is 0 Å². The van der Waals surface area contributed by atoms with Gasteiger partial charge < -0.3 is 9.47 Å². The Morgan fingerprint density at radius 2 is 1.64 bits per heavy atom. The number of carbonyl (C=O) groups is 2. The number of benzene rings is 2. The monoisotopic (exact) mass is 360 g/mol. The first kappa shape index (κ1) is 18.6. The number of hydrogen-bond acceptors (Lipinski definition) is 5. The molecule has 0 bridgehead atoms. The molecule has 2 aromatic carbocycles. The summed E-state index contributed by atoms with van der Waals surface area (Å²) < 4.78 is 23.9. The Balaban J connectivity index is 2.57. The number of thiol groups is 1. The summed E-state index contributed by atoms with van der Waals surface area (Å²) in [6.45, 7) is 6.17. The number of rotatable bonds is 6. The molecular formula is C19H20O5S. The van der Waals surface area contributed by atoms with Crippen LogP contribution in [0.3, 0.4) is 0 Å². The van der Waals surface area contributed by atoms with Gasteiger partial charge in [0.1, 0.15) is 0 Å². The maximum absolute atomic E-state index is 13.5. The second-order valence-electron chi connectivity index (χ2n) is 5.41. The third kappa shape index (κ3) is 4.64. The highest BCUT2D eigenvalue weighted by molar-refractivity contribution is 8.05. The summed E-state index contributed by atoms with van der Waals surface area (Å²) in [5.41, 5.74) is 0.859. The average molecular weight is 360 g/mol. The molecule has 0 aromatic heterocycles. The lowest BCUT2D eigenvalue weighted by atomic mass is 10.2. The molecule has 6 heteroatoms. The highest BCUT2D eigenvalue weighted by Crippen LogP contribution is 2.39. The van der Waals surface area contributed by atoms with Crippen LogP contribution in [0.1, 0.15) is 19.4 Å². The van der Waals surface area contributed by atoms with E-state index in [1.165, 1.54) is 25.3 Å². The van der Waals surface area contributed by atoms with Crippen LogP contribution in [0.5, 0.6) is 11.5 Å². The van der Waals surface area contributed by atoms with Crippen LogP contribution < -0.4 is 9.47 Å². The first-order valence-corrected chi connectivity index (χ1v) is 9.58. The molecule has 0 atom stereocenters. The van der Waals surface area contributed by atoms with E-state index in [9.17, 15) is 13.8 Å². The zero-order chi connectivity index (χ0) is 18.4. The number of ether oxygens (including phenoxy) is 2. The molecule has 2 aromatic rings. The Bertz CT molecular complexity index is 842. The average Bonchev–Trinajstić information content (AvgIpc) is 2.56. The van der Waals surface area contributed by atoms with Gasteiger partial charge >= 0.3 is 11.9 Å². The van der Waals surface area contributed by atoms with Crippen molar-refractivity contribution in [3.63, 3.8) is 0 Å². The summed E-state index contributed by atoms with van der Waals surface area (Å²) in [6.07, 6.45) is 0. The number of hydrogen-bond donors (Lipinski definition) is 1. The molecule has 0 amide bonds. The van der Waals surface area contributed by atoms with E-state index < -0.39 is 21.9 Å². The number of carbonyl (C=O) groups excluding carboxylic acids is 2. The third-order valence-corrected chi connectivity index (χ3v) is 6.01. The van der Waals surface area contributed by atoms with E-state index in [0.717, 1.165) is 5.56 Å². The molecule has 132 valence electrons. The fourth-order valence-electron chi connectivity index (χ4n) is 2.39. The Morgan fingerprint density at radius 1 is 1.00 bits per heavy atom. The summed E-state index contributed by atoms with van der Waals surface area (Å²) >= 11 is 0. The van der Waals surface area contributed by atoms with Gasteiger partial charge in [-0.15, -0.1) is 0 Å². The predicted octanol–water partition coefficient (Wildman–Crippen LogP) is 3.26. The Kier molecular flexibility index (Phi) is 5.88. The van der Waals surface area contributed by atoms with Gasteiger partial charge in [0.05, 0.1) is 4.90 Å². The summed E-state index contributed by atoms with van der Waals surface area (Å²) in [5.74, 6) is -0.910. The lowest BCUT2D eigenvalue weighted by Crippen LogP contribution is -2.16. The Hall–Kier alpha value is -2.73. The second-order valence-corrected chi connectivity index (χ2v) is 8.17. The van der Waals surface area contributed by atoms with Crippen LogP contribution in [-0.4, -0.2) is 16.1 Å². The van der Waals surface area contributed by atoms with Crippen molar-refractivity contribution in [2.45, 2.75) is 24.5 Å². The molecule has 0 unspecified atom stereocenters. The minimum atomic E-state index is -3.14. The van der Waals surface area contributed by atoms with Gasteiger partial charge in [-0.05, 0) is 23.1 Å². The quantitative estimate of drug-likeness (QED) is 0.486. The van der Waals surface area contributed by atoms with Crippen molar-refractivity contribution in [2.75, 3.05) is 0 Å². The van der Waals surface area contributed by atoms with Crippen molar-refractivity contribution in [3.05, 3.63) is 66.1 Å². The van der Waals surface area contributed by atoms with E-state index in [1.54, 1.807) is 12.1 Å². The molecule has 0 aliphatic rings. The van der Waals surface area contributed by atoms with E-state index in [0.29, 0.717) is 4.90 Å². The zero-order valence-corrected chi connectivity index (χ0v) is 15.0. The molecule has 2 rings (SSSR count). The topological polar surface area (TPSA) is 69.7 Å². The molecule has 0 aliphatic carbocycles. The van der Waals surface area contributed by atoms with Crippen molar-refractivity contribution in [2.24, 2.45) is 0 Å². The Morgan fingerprint density at radius 3 is 2.20 bits per heavy atom. The van der Waals surface area contributed by atoms with Gasteiger partial charge in [-0.25, -0.2) is 0 Å². The van der Waals surface area contributed by atoms with Crippen LogP contribution in [0.15, 0.2) is 65.4 Å². The molecule has 25 heavy (non-hydrogen) atoms. The van der Waals surface area contributed by atoms with Crippen molar-refractivity contribution in [1.29, 1.82) is 0 Å². The fraction of sp³-hybridized carbons (Fsp3) is 0.158. The minimum Gasteiger partial charge on any atom is -0.423 e. The van der Waals surface area contributed by atoms with Crippen LogP contribution >= 0.6 is 0 Å². The Labute approximate surface area is 147 Å². The van der Waals surface area contributed by atoms with E-state index in [2.05, 4.69) is 6.58 Å². The van der Waals surface area contributed by atoms with Gasteiger partial charge in [-0.2, -0.15) is 0 Å². The van der Waals surface area contributed by atoms with Crippen molar-refractivity contribution in [3.8, 4) is 11.5 Å². The van der Waals surface area contributed by atoms with Gasteiger partial charge in [-0.3, -0.25) is 13.8 Å². The predicted molar refractivity (Wildman–Crippen MR) is 97.2 cm³/mol. The SMILES string of the molecule is C=C[SH](=O)(Cc1ccccc1)c1cccc(OC(C)=O)c1OC(C)=O. The lowest BCUT2D eigenvalue weighted by Gasteiger charge is -2.23. The van der Waals surface area contributed by atoms with Crippen molar-refractivity contribution >= 4 is 21.9 Å². The molecule has 0 N–H and O–H groups in total. The molecule has 0 radical (unpaired) electrons. The molecule has 0 saturated heterocycles. The van der Waals surface area contributed by atoms with Crippen LogP contribution in [0.25, 0.3) is 0 Å². The van der Waals surface area contributed by atoms with Crippen LogP contribution in [-0.2, 0) is 25.3 Å². The van der Waals surface area contributed by atoms with Crippen LogP contribution in [0, 0.1) is 0 Å². The van der Waals surface area contributed by atoms with Gasteiger partial charge in [0, 0.05) is 19.6 Å². The minimum absolute atomic E-state index is 0.00985. The van der Waals surface area contributed by atoms with E-state index in [4.69, 9.17) is 9.47 Å². The van der Waals surface area contributed by atoms with Crippen LogP contribution in [0.4, 0.5) is 0 Å². The fourth-order valence-corrected chi connectivity index (χ4v) is 4.47. The number of esters is 2. The van der Waals surface area contributed by atoms with E-state index in [-0.39, 0.29) is 17.3 Å². The van der Waals surface area contributed by atoms with E-state index >= 15 is 0 Å². The largest absolute Gasteiger partial charge is 0.423 e. The summed E-state index contributed by atoms with van der Waals surface area (Å²) in [7, 11) is -3.14. The molecule has 0 aliphatic heterocycles. The smallest absolute Gasteiger partial charge is 0.308 e. The molecule has 0 fully saturated rings. The molecule has 5 nitrogen and oxygen atoms in total. The lowest BCUT2D eigenvalue weighted by molar-refractivity contribution is -0.134. The summed E-state index contributed by atoms with van der Waals surface area (Å²) in [4.78, 5) is 23.1. The van der Waals surface area contributed by atoms with Gasteiger partial charge in [0.2, 0.25) is 0 Å². The highest BCUT2D eigenvalue weighted by Gasteiger charge is 2.24. The van der Waals surface area contributed by atoms with Gasteiger partial charge in [0.15, 0.2) is 11.5 Å². The number of para-hydroxylation sites is 1. The normalized spacial score (nSPS) is 11.4. The first-order valence-electron chi connectivity index (χ1n) is 7.62. The maximum Gasteiger partial charge on any atom is 0.308 e. The zero-order valence-electron chi connectivity index (χ0n) is 14.1. The first-order chi connectivity index (χ1) is 11.9. The van der Waals surface area contributed by atoms with Crippen molar-refractivity contribution in [1.82, 2.24) is 0 Å². The molecule has 0 saturated carbocycles. The van der Waals surface area contributed by atoms with Crippen molar-refractivity contribution < 1.29 is 23.3 Å². The molecule has 0 heterocycles. The van der Waals surface area contributed by atoms with Crippen LogP contribution in [0.2, 0.25) is 0 Å². The molecular weight excluding hydrogens is 340 g/mol. The standard InChI is InChI=1S/C19H20O5S/c1-4-25(22,13-16-9-6-5-7-10-16)18-12-8-11-17(23-14(2)20)19(18)24-15(3)21/h4-12,25H,1,13H2,2-3H3. The summed E-state index contributed by atoms with van der Waals surface area (Å²) in [6, 6.07) is 14.0. The van der Waals surface area contributed by atoms with E-state index in [1.807, 2.05) is 30.3 Å². The second kappa shape index (κ2) is 7.90. The highest BCUT2D eigenvalue weighted by atomic mass is 32.2.